The van der Waals surface area contributed by atoms with E-state index in [1.54, 1.807) is 0 Å². The fraction of sp³-hybridized carbons (Fsp3) is 0. The van der Waals surface area contributed by atoms with Gasteiger partial charge >= 0.3 is 0 Å². The van der Waals surface area contributed by atoms with Gasteiger partial charge in [-0.25, -0.2) is 9.97 Å². The van der Waals surface area contributed by atoms with Gasteiger partial charge in [0.2, 0.25) is 0 Å². The Morgan fingerprint density at radius 3 is 1.64 bits per heavy atom. The third-order valence-corrected chi connectivity index (χ3v) is 1.84. The summed E-state index contributed by atoms with van der Waals surface area (Å²) in [7, 11) is 0. The summed E-state index contributed by atoms with van der Waals surface area (Å²) in [5.41, 5.74) is 2.37. The van der Waals surface area contributed by atoms with Crippen molar-refractivity contribution in [1.82, 2.24) is 9.97 Å². The van der Waals surface area contributed by atoms with Crippen LogP contribution in [-0.2, 0) is 0 Å². The van der Waals surface area contributed by atoms with Crippen LogP contribution >= 0.6 is 0 Å². The highest BCUT2D eigenvalue weighted by Gasteiger charge is 2.02. The van der Waals surface area contributed by atoms with Gasteiger partial charge in [-0.3, -0.25) is 0 Å². The van der Waals surface area contributed by atoms with E-state index in [1.807, 2.05) is 24.3 Å². The summed E-state index contributed by atoms with van der Waals surface area (Å²) in [5.74, 6) is 4.85. The van der Waals surface area contributed by atoms with Crippen molar-refractivity contribution in [1.29, 1.82) is 0 Å². The van der Waals surface area contributed by atoms with Gasteiger partial charge in [0.1, 0.15) is 11.4 Å². The second kappa shape index (κ2) is 3.20. The topological polar surface area (TPSA) is 25.8 Å². The van der Waals surface area contributed by atoms with Crippen LogP contribution in [0.25, 0.3) is 11.0 Å². The van der Waals surface area contributed by atoms with Gasteiger partial charge in [-0.2, -0.15) is 0 Å². The van der Waals surface area contributed by atoms with E-state index in [9.17, 15) is 0 Å². The number of fused-ring (bicyclic) bond motifs is 1. The van der Waals surface area contributed by atoms with Crippen LogP contribution in [0.1, 0.15) is 11.4 Å². The summed E-state index contributed by atoms with van der Waals surface area (Å²) in [6, 6.07) is 7.46. The van der Waals surface area contributed by atoms with Gasteiger partial charge in [-0.1, -0.05) is 12.1 Å². The fourth-order valence-electron chi connectivity index (χ4n) is 1.20. The van der Waals surface area contributed by atoms with Crippen molar-refractivity contribution in [2.45, 2.75) is 0 Å². The largest absolute Gasteiger partial charge is 0.235 e. The first-order valence-electron chi connectivity index (χ1n) is 4.05. The average Bonchev–Trinajstić information content (AvgIpc) is 2.27. The highest BCUT2D eigenvalue weighted by Crippen LogP contribution is 2.11. The van der Waals surface area contributed by atoms with Crippen molar-refractivity contribution in [3.63, 3.8) is 0 Å². The number of aromatic nitrogens is 2. The minimum absolute atomic E-state index is 0.422. The lowest BCUT2D eigenvalue weighted by Gasteiger charge is -1.99. The average molecular weight is 178 g/mol. The molecule has 2 aromatic rings. The van der Waals surface area contributed by atoms with Gasteiger partial charge in [-0.15, -0.1) is 12.8 Å². The summed E-state index contributed by atoms with van der Waals surface area (Å²) in [5, 5.41) is 0. The van der Waals surface area contributed by atoms with E-state index in [4.69, 9.17) is 12.8 Å². The molecule has 0 radical (unpaired) electrons. The minimum atomic E-state index is 0.422. The van der Waals surface area contributed by atoms with Crippen LogP contribution in [0, 0.1) is 24.7 Å². The van der Waals surface area contributed by atoms with Gasteiger partial charge in [0.15, 0.2) is 0 Å². The second-order valence-corrected chi connectivity index (χ2v) is 2.70. The first-order valence-corrected chi connectivity index (χ1v) is 4.05. The Kier molecular flexibility index (Phi) is 1.89. The Morgan fingerprint density at radius 2 is 1.29 bits per heavy atom. The molecule has 0 aliphatic heterocycles. The van der Waals surface area contributed by atoms with Crippen molar-refractivity contribution in [2.75, 3.05) is 0 Å². The summed E-state index contributed by atoms with van der Waals surface area (Å²) in [6.45, 7) is 0. The molecule has 0 fully saturated rings. The van der Waals surface area contributed by atoms with Crippen LogP contribution in [0.5, 0.6) is 0 Å². The molecule has 0 atom stereocenters. The minimum Gasteiger partial charge on any atom is -0.235 e. The third kappa shape index (κ3) is 1.20. The molecule has 0 saturated heterocycles. The number of para-hydroxylation sites is 2. The van der Waals surface area contributed by atoms with E-state index >= 15 is 0 Å². The van der Waals surface area contributed by atoms with E-state index in [1.165, 1.54) is 0 Å². The molecule has 0 unspecified atom stereocenters. The molecular formula is C12H6N2. The first kappa shape index (κ1) is 8.29. The van der Waals surface area contributed by atoms with Crippen LogP contribution in [0.3, 0.4) is 0 Å². The maximum Gasteiger partial charge on any atom is 0.147 e. The standard InChI is InChI=1S/C12H6N2/c1-3-9-10(4-2)14-12-8-6-5-7-11(12)13-9/h1-2,5-8H. The number of hydrogen-bond acceptors (Lipinski definition) is 2. The zero-order chi connectivity index (χ0) is 9.97. The summed E-state index contributed by atoms with van der Waals surface area (Å²) in [6.07, 6.45) is 10.5. The molecule has 1 aromatic heterocycles. The van der Waals surface area contributed by atoms with E-state index < -0.39 is 0 Å². The molecule has 64 valence electrons. The van der Waals surface area contributed by atoms with Crippen molar-refractivity contribution in [3.8, 4) is 24.7 Å². The molecule has 0 amide bonds. The molecule has 0 aliphatic carbocycles. The fourth-order valence-corrected chi connectivity index (χ4v) is 1.20. The molecular weight excluding hydrogens is 172 g/mol. The quantitative estimate of drug-likeness (QED) is 0.572. The van der Waals surface area contributed by atoms with Crippen molar-refractivity contribution in [2.24, 2.45) is 0 Å². The van der Waals surface area contributed by atoms with E-state index in [0.29, 0.717) is 11.4 Å². The number of benzene rings is 1. The third-order valence-electron chi connectivity index (χ3n) is 1.84. The highest BCUT2D eigenvalue weighted by molar-refractivity contribution is 5.75. The first-order chi connectivity index (χ1) is 6.85. The van der Waals surface area contributed by atoms with Crippen LogP contribution in [0.15, 0.2) is 24.3 Å². The van der Waals surface area contributed by atoms with E-state index in [2.05, 4.69) is 21.8 Å². The number of nitrogens with zero attached hydrogens (tertiary/aromatic N) is 2. The maximum atomic E-state index is 5.27. The van der Waals surface area contributed by atoms with Gasteiger partial charge in [-0.05, 0) is 24.0 Å². The zero-order valence-electron chi connectivity index (χ0n) is 7.36. The molecule has 0 spiro atoms. The highest BCUT2D eigenvalue weighted by atomic mass is 14.8. The lowest BCUT2D eigenvalue weighted by Crippen LogP contribution is -1.94. The predicted molar refractivity (Wildman–Crippen MR) is 55.4 cm³/mol. The van der Waals surface area contributed by atoms with Crippen LogP contribution < -0.4 is 0 Å². The van der Waals surface area contributed by atoms with Gasteiger partial charge < -0.3 is 0 Å². The molecule has 1 aromatic carbocycles. The molecule has 2 nitrogen and oxygen atoms in total. The summed E-state index contributed by atoms with van der Waals surface area (Å²) < 4.78 is 0. The SMILES string of the molecule is C#Cc1nc2ccccc2nc1C#C. The maximum absolute atomic E-state index is 5.27. The molecule has 1 heterocycles. The molecule has 2 rings (SSSR count). The lowest BCUT2D eigenvalue weighted by molar-refractivity contribution is 1.23. The monoisotopic (exact) mass is 178 g/mol. The number of terminal acetylenes is 2. The van der Waals surface area contributed by atoms with Crippen molar-refractivity contribution >= 4 is 11.0 Å². The van der Waals surface area contributed by atoms with Crippen LogP contribution in [-0.4, -0.2) is 9.97 Å². The van der Waals surface area contributed by atoms with Gasteiger partial charge in [0.05, 0.1) is 11.0 Å². The normalized spacial score (nSPS) is 9.29. The van der Waals surface area contributed by atoms with E-state index in [-0.39, 0.29) is 0 Å². The predicted octanol–water partition coefficient (Wildman–Crippen LogP) is 1.59. The summed E-state index contributed by atoms with van der Waals surface area (Å²) in [4.78, 5) is 8.45. The molecule has 0 aliphatic rings. The second-order valence-electron chi connectivity index (χ2n) is 2.70. The van der Waals surface area contributed by atoms with Gasteiger partial charge in [0.25, 0.3) is 0 Å². The number of hydrogen-bond donors (Lipinski definition) is 0. The Hall–Kier alpha value is -2.32. The van der Waals surface area contributed by atoms with Crippen molar-refractivity contribution < 1.29 is 0 Å². The Labute approximate surface area is 82.0 Å². The van der Waals surface area contributed by atoms with Crippen LogP contribution in [0.2, 0.25) is 0 Å². The number of rotatable bonds is 0. The van der Waals surface area contributed by atoms with Crippen molar-refractivity contribution in [3.05, 3.63) is 35.7 Å². The van der Waals surface area contributed by atoms with Crippen LogP contribution in [0.4, 0.5) is 0 Å². The lowest BCUT2D eigenvalue weighted by atomic mass is 10.2. The molecule has 14 heavy (non-hydrogen) atoms. The molecule has 0 saturated carbocycles. The Bertz CT molecular complexity index is 518. The Morgan fingerprint density at radius 1 is 0.857 bits per heavy atom. The molecule has 0 N–H and O–H groups in total. The summed E-state index contributed by atoms with van der Waals surface area (Å²) >= 11 is 0. The smallest absolute Gasteiger partial charge is 0.147 e. The molecule has 0 bridgehead atoms. The zero-order valence-corrected chi connectivity index (χ0v) is 7.36. The van der Waals surface area contributed by atoms with E-state index in [0.717, 1.165) is 11.0 Å². The van der Waals surface area contributed by atoms with Gasteiger partial charge in [0, 0.05) is 0 Å². The molecule has 2 heteroatoms. The Balaban J connectivity index is 2.85.